The van der Waals surface area contributed by atoms with E-state index in [-0.39, 0.29) is 0 Å². The summed E-state index contributed by atoms with van der Waals surface area (Å²) in [6, 6.07) is 0.557. The molecule has 1 atom stereocenters. The first-order valence-electron chi connectivity index (χ1n) is 4.51. The lowest BCUT2D eigenvalue weighted by molar-refractivity contribution is 0.717. The molecule has 1 aromatic heterocycles. The Morgan fingerprint density at radius 1 is 1.46 bits per heavy atom. The largest absolute Gasteiger partial charge is 0.338 e. The highest BCUT2D eigenvalue weighted by atomic mass is 35.5. The first-order valence-corrected chi connectivity index (χ1v) is 4.89. The third kappa shape index (κ3) is 1.75. The fraction of sp³-hybridized carbons (Fsp3) is 0.556. The van der Waals surface area contributed by atoms with Gasteiger partial charge in [-0.15, -0.1) is 0 Å². The fourth-order valence-electron chi connectivity index (χ4n) is 1.68. The van der Waals surface area contributed by atoms with Crippen LogP contribution < -0.4 is 4.90 Å². The highest BCUT2D eigenvalue weighted by Crippen LogP contribution is 2.21. The molecular formula is C9H12ClN3. The van der Waals surface area contributed by atoms with Gasteiger partial charge in [-0.1, -0.05) is 11.6 Å². The van der Waals surface area contributed by atoms with Crippen LogP contribution in [-0.2, 0) is 0 Å². The number of halogens is 1. The third-order valence-electron chi connectivity index (χ3n) is 2.42. The Bertz CT molecular complexity index is 285. The van der Waals surface area contributed by atoms with Crippen molar-refractivity contribution in [3.63, 3.8) is 0 Å². The molecule has 4 heteroatoms. The standard InChI is InChI=1S/C9H12ClN3/c1-7-3-2-4-13(7)9-11-5-8(10)6-12-9/h5-7H,2-4H2,1H3. The van der Waals surface area contributed by atoms with Crippen molar-refractivity contribution in [2.24, 2.45) is 0 Å². The minimum absolute atomic E-state index is 0.557. The predicted molar refractivity (Wildman–Crippen MR) is 53.1 cm³/mol. The van der Waals surface area contributed by atoms with Crippen LogP contribution in [0.1, 0.15) is 19.8 Å². The molecule has 0 bridgehead atoms. The maximum absolute atomic E-state index is 5.71. The zero-order chi connectivity index (χ0) is 9.26. The quantitative estimate of drug-likeness (QED) is 0.691. The Labute approximate surface area is 82.8 Å². The number of nitrogens with zero attached hydrogens (tertiary/aromatic N) is 3. The number of hydrogen-bond donors (Lipinski definition) is 0. The van der Waals surface area contributed by atoms with Crippen LogP contribution in [0.15, 0.2) is 12.4 Å². The summed E-state index contributed by atoms with van der Waals surface area (Å²) in [6.45, 7) is 3.26. The van der Waals surface area contributed by atoms with Crippen molar-refractivity contribution in [1.29, 1.82) is 0 Å². The van der Waals surface area contributed by atoms with E-state index in [0.717, 1.165) is 12.5 Å². The van der Waals surface area contributed by atoms with Crippen molar-refractivity contribution in [2.45, 2.75) is 25.8 Å². The van der Waals surface area contributed by atoms with Gasteiger partial charge in [0, 0.05) is 12.6 Å². The molecule has 0 spiro atoms. The smallest absolute Gasteiger partial charge is 0.225 e. The van der Waals surface area contributed by atoms with E-state index in [4.69, 9.17) is 11.6 Å². The molecule has 2 rings (SSSR count). The summed E-state index contributed by atoms with van der Waals surface area (Å²) in [5.41, 5.74) is 0. The molecule has 70 valence electrons. The molecule has 1 aliphatic rings. The van der Waals surface area contributed by atoms with Gasteiger partial charge in [0.2, 0.25) is 5.95 Å². The van der Waals surface area contributed by atoms with Crippen LogP contribution in [0, 0.1) is 0 Å². The van der Waals surface area contributed by atoms with Crippen molar-refractivity contribution in [2.75, 3.05) is 11.4 Å². The van der Waals surface area contributed by atoms with E-state index in [2.05, 4.69) is 21.8 Å². The van der Waals surface area contributed by atoms with Crippen LogP contribution in [0.5, 0.6) is 0 Å². The van der Waals surface area contributed by atoms with Crippen LogP contribution in [0.3, 0.4) is 0 Å². The van der Waals surface area contributed by atoms with Crippen molar-refractivity contribution in [1.82, 2.24) is 9.97 Å². The molecule has 0 amide bonds. The summed E-state index contributed by atoms with van der Waals surface area (Å²) < 4.78 is 0. The summed E-state index contributed by atoms with van der Waals surface area (Å²) >= 11 is 5.71. The monoisotopic (exact) mass is 197 g/mol. The SMILES string of the molecule is CC1CCCN1c1ncc(Cl)cn1. The first kappa shape index (κ1) is 8.75. The fourth-order valence-corrected chi connectivity index (χ4v) is 1.78. The molecule has 1 saturated heterocycles. The minimum Gasteiger partial charge on any atom is -0.338 e. The van der Waals surface area contributed by atoms with Crippen LogP contribution in [0.2, 0.25) is 5.02 Å². The van der Waals surface area contributed by atoms with E-state index < -0.39 is 0 Å². The van der Waals surface area contributed by atoms with Crippen LogP contribution in [-0.4, -0.2) is 22.6 Å². The second kappa shape index (κ2) is 3.50. The van der Waals surface area contributed by atoms with Crippen molar-refractivity contribution in [3.05, 3.63) is 17.4 Å². The molecule has 2 heterocycles. The van der Waals surface area contributed by atoms with Gasteiger partial charge in [0.25, 0.3) is 0 Å². The van der Waals surface area contributed by atoms with Gasteiger partial charge >= 0.3 is 0 Å². The van der Waals surface area contributed by atoms with E-state index in [0.29, 0.717) is 11.1 Å². The van der Waals surface area contributed by atoms with Crippen molar-refractivity contribution in [3.8, 4) is 0 Å². The molecule has 0 N–H and O–H groups in total. The van der Waals surface area contributed by atoms with Crippen LogP contribution in [0.4, 0.5) is 5.95 Å². The Kier molecular flexibility index (Phi) is 2.36. The van der Waals surface area contributed by atoms with Gasteiger partial charge < -0.3 is 4.90 Å². The van der Waals surface area contributed by atoms with Crippen molar-refractivity contribution >= 4 is 17.5 Å². The lowest BCUT2D eigenvalue weighted by Crippen LogP contribution is -2.27. The molecule has 1 aliphatic heterocycles. The van der Waals surface area contributed by atoms with Gasteiger partial charge in [-0.3, -0.25) is 0 Å². The number of rotatable bonds is 1. The van der Waals surface area contributed by atoms with E-state index in [1.807, 2.05) is 0 Å². The molecule has 0 aliphatic carbocycles. The zero-order valence-corrected chi connectivity index (χ0v) is 8.33. The zero-order valence-electron chi connectivity index (χ0n) is 7.57. The maximum Gasteiger partial charge on any atom is 0.225 e. The molecular weight excluding hydrogens is 186 g/mol. The van der Waals surface area contributed by atoms with Gasteiger partial charge in [-0.25, -0.2) is 9.97 Å². The summed E-state index contributed by atoms with van der Waals surface area (Å²) in [6.07, 6.45) is 5.75. The lowest BCUT2D eigenvalue weighted by atomic mass is 10.2. The molecule has 3 nitrogen and oxygen atoms in total. The Morgan fingerprint density at radius 2 is 2.15 bits per heavy atom. The first-order chi connectivity index (χ1) is 6.27. The maximum atomic E-state index is 5.71. The molecule has 1 fully saturated rings. The van der Waals surface area contributed by atoms with E-state index in [9.17, 15) is 0 Å². The van der Waals surface area contributed by atoms with Gasteiger partial charge in [0.15, 0.2) is 0 Å². The molecule has 1 aromatic rings. The average molecular weight is 198 g/mol. The van der Waals surface area contributed by atoms with Gasteiger partial charge in [0.05, 0.1) is 17.4 Å². The van der Waals surface area contributed by atoms with Crippen molar-refractivity contribution < 1.29 is 0 Å². The van der Waals surface area contributed by atoms with Crippen LogP contribution in [0.25, 0.3) is 0 Å². The number of hydrogen-bond acceptors (Lipinski definition) is 3. The highest BCUT2D eigenvalue weighted by molar-refractivity contribution is 6.30. The predicted octanol–water partition coefficient (Wildman–Crippen LogP) is 2.12. The van der Waals surface area contributed by atoms with E-state index in [1.165, 1.54) is 12.8 Å². The van der Waals surface area contributed by atoms with Gasteiger partial charge in [-0.05, 0) is 19.8 Å². The third-order valence-corrected chi connectivity index (χ3v) is 2.61. The highest BCUT2D eigenvalue weighted by Gasteiger charge is 2.22. The molecule has 0 saturated carbocycles. The normalized spacial score (nSPS) is 22.3. The summed E-state index contributed by atoms with van der Waals surface area (Å²) in [5.74, 6) is 0.800. The van der Waals surface area contributed by atoms with Crippen LogP contribution >= 0.6 is 11.6 Å². The number of anilines is 1. The van der Waals surface area contributed by atoms with E-state index >= 15 is 0 Å². The average Bonchev–Trinajstić information content (AvgIpc) is 2.53. The second-order valence-electron chi connectivity index (χ2n) is 3.39. The Hall–Kier alpha value is -0.830. The minimum atomic E-state index is 0.557. The summed E-state index contributed by atoms with van der Waals surface area (Å²) in [4.78, 5) is 10.6. The molecule has 0 radical (unpaired) electrons. The topological polar surface area (TPSA) is 29.0 Å². The Morgan fingerprint density at radius 3 is 2.69 bits per heavy atom. The summed E-state index contributed by atoms with van der Waals surface area (Å²) in [7, 11) is 0. The van der Waals surface area contributed by atoms with E-state index in [1.54, 1.807) is 12.4 Å². The summed E-state index contributed by atoms with van der Waals surface area (Å²) in [5, 5.41) is 0.593. The number of aromatic nitrogens is 2. The van der Waals surface area contributed by atoms with Gasteiger partial charge in [0.1, 0.15) is 0 Å². The second-order valence-corrected chi connectivity index (χ2v) is 3.82. The molecule has 13 heavy (non-hydrogen) atoms. The Balaban J connectivity index is 2.20. The molecule has 1 unspecified atom stereocenters. The van der Waals surface area contributed by atoms with Gasteiger partial charge in [-0.2, -0.15) is 0 Å². The lowest BCUT2D eigenvalue weighted by Gasteiger charge is -2.20. The molecule has 0 aromatic carbocycles.